The Hall–Kier alpha value is -1.04. The molecule has 0 unspecified atom stereocenters. The molecule has 0 nitrogen and oxygen atoms in total. The van der Waals surface area contributed by atoms with Crippen LogP contribution in [0, 0.1) is 0 Å². The van der Waals surface area contributed by atoms with Gasteiger partial charge in [-0.05, 0) is 30.4 Å². The molecule has 0 aliphatic rings. The van der Waals surface area contributed by atoms with Crippen LogP contribution in [0.5, 0.6) is 0 Å². The summed E-state index contributed by atoms with van der Waals surface area (Å²) in [6, 6.07) is 9.06. The van der Waals surface area contributed by atoms with E-state index < -0.39 is 0 Å². The molecular formula is C18H28. The summed E-state index contributed by atoms with van der Waals surface area (Å²) in [5, 5.41) is 0. The van der Waals surface area contributed by atoms with Gasteiger partial charge in [0.15, 0.2) is 0 Å². The molecule has 0 saturated heterocycles. The smallest absolute Gasteiger partial charge is 0.0260 e. The van der Waals surface area contributed by atoms with Crippen molar-refractivity contribution >= 4 is 6.08 Å². The average molecular weight is 244 g/mol. The summed E-state index contributed by atoms with van der Waals surface area (Å²) in [7, 11) is 0. The molecule has 1 aromatic carbocycles. The number of hydrogen-bond donors (Lipinski definition) is 0. The lowest BCUT2D eigenvalue weighted by Gasteiger charge is -2.02. The van der Waals surface area contributed by atoms with Crippen LogP contribution in [0.4, 0.5) is 0 Å². The maximum Gasteiger partial charge on any atom is -0.0260 e. The second-order valence-corrected chi connectivity index (χ2v) is 5.10. The van der Waals surface area contributed by atoms with Crippen molar-refractivity contribution in [3.63, 3.8) is 0 Å². The summed E-state index contributed by atoms with van der Waals surface area (Å²) in [5.74, 6) is 0. The van der Waals surface area contributed by atoms with E-state index in [1.807, 2.05) is 0 Å². The Labute approximate surface area is 113 Å². The Balaban J connectivity index is 2.30. The monoisotopic (exact) mass is 244 g/mol. The molecule has 0 atom stereocenters. The first-order chi connectivity index (χ1) is 8.86. The van der Waals surface area contributed by atoms with Gasteiger partial charge in [-0.15, -0.1) is 0 Å². The third-order valence-electron chi connectivity index (χ3n) is 3.33. The van der Waals surface area contributed by atoms with Gasteiger partial charge in [-0.2, -0.15) is 0 Å². The predicted octanol–water partition coefficient (Wildman–Crippen LogP) is 6.01. The van der Waals surface area contributed by atoms with E-state index in [9.17, 15) is 0 Å². The summed E-state index contributed by atoms with van der Waals surface area (Å²) in [6.07, 6.45) is 15.0. The van der Waals surface area contributed by atoms with E-state index in [0.717, 1.165) is 0 Å². The first-order valence-electron chi connectivity index (χ1n) is 7.62. The standard InChI is InChI=1S/C18H28/c1-3-5-7-9-11-17-13-15-18(16-14-17)12-10-8-6-4-2/h9,11,13-16H,3-8,10,12H2,1-2H3. The van der Waals surface area contributed by atoms with Crippen LogP contribution >= 0.6 is 0 Å². The van der Waals surface area contributed by atoms with Crippen LogP contribution < -0.4 is 0 Å². The summed E-state index contributed by atoms with van der Waals surface area (Å²) in [6.45, 7) is 4.50. The highest BCUT2D eigenvalue weighted by atomic mass is 14.0. The lowest BCUT2D eigenvalue weighted by Crippen LogP contribution is -1.85. The van der Waals surface area contributed by atoms with Gasteiger partial charge in [-0.25, -0.2) is 0 Å². The lowest BCUT2D eigenvalue weighted by molar-refractivity contribution is 0.667. The maximum atomic E-state index is 2.29. The highest BCUT2D eigenvalue weighted by Gasteiger charge is 1.93. The zero-order valence-corrected chi connectivity index (χ0v) is 12.1. The van der Waals surface area contributed by atoms with E-state index in [1.165, 1.54) is 62.5 Å². The molecule has 0 amide bonds. The fraction of sp³-hybridized carbons (Fsp3) is 0.556. The fourth-order valence-corrected chi connectivity index (χ4v) is 2.09. The van der Waals surface area contributed by atoms with E-state index in [4.69, 9.17) is 0 Å². The minimum absolute atomic E-state index is 1.20. The van der Waals surface area contributed by atoms with E-state index in [-0.39, 0.29) is 0 Å². The van der Waals surface area contributed by atoms with Gasteiger partial charge in [0, 0.05) is 0 Å². The SMILES string of the molecule is CCCCC=Cc1ccc(CCCCCC)cc1. The van der Waals surface area contributed by atoms with Crippen molar-refractivity contribution in [2.75, 3.05) is 0 Å². The third-order valence-corrected chi connectivity index (χ3v) is 3.33. The minimum Gasteiger partial charge on any atom is -0.0839 e. The molecule has 0 aliphatic carbocycles. The quantitative estimate of drug-likeness (QED) is 0.466. The van der Waals surface area contributed by atoms with Gasteiger partial charge >= 0.3 is 0 Å². The fourth-order valence-electron chi connectivity index (χ4n) is 2.09. The third kappa shape index (κ3) is 6.64. The number of aryl methyl sites for hydroxylation is 1. The van der Waals surface area contributed by atoms with Crippen LogP contribution in [0.15, 0.2) is 30.3 Å². The van der Waals surface area contributed by atoms with Crippen molar-refractivity contribution in [3.05, 3.63) is 41.5 Å². The molecule has 0 fully saturated rings. The summed E-state index contributed by atoms with van der Waals surface area (Å²) >= 11 is 0. The van der Waals surface area contributed by atoms with Gasteiger partial charge in [0.2, 0.25) is 0 Å². The number of unbranched alkanes of at least 4 members (excludes halogenated alkanes) is 5. The molecule has 0 heteroatoms. The molecule has 0 aliphatic heterocycles. The van der Waals surface area contributed by atoms with Gasteiger partial charge in [0.1, 0.15) is 0 Å². The minimum atomic E-state index is 1.20. The van der Waals surface area contributed by atoms with Crippen LogP contribution in [-0.4, -0.2) is 0 Å². The van der Waals surface area contributed by atoms with Crippen LogP contribution in [0.25, 0.3) is 6.08 Å². The first kappa shape index (κ1) is 15.0. The number of rotatable bonds is 9. The molecule has 0 radical (unpaired) electrons. The Morgan fingerprint density at radius 2 is 1.56 bits per heavy atom. The highest BCUT2D eigenvalue weighted by Crippen LogP contribution is 2.11. The molecule has 1 aromatic rings. The van der Waals surface area contributed by atoms with E-state index >= 15 is 0 Å². The Morgan fingerprint density at radius 1 is 0.833 bits per heavy atom. The van der Waals surface area contributed by atoms with Crippen LogP contribution in [0.1, 0.15) is 69.9 Å². The molecule has 18 heavy (non-hydrogen) atoms. The van der Waals surface area contributed by atoms with Crippen molar-refractivity contribution in [3.8, 4) is 0 Å². The van der Waals surface area contributed by atoms with Crippen molar-refractivity contribution < 1.29 is 0 Å². The van der Waals surface area contributed by atoms with Crippen LogP contribution in [-0.2, 0) is 6.42 Å². The Bertz CT molecular complexity index is 318. The van der Waals surface area contributed by atoms with Gasteiger partial charge in [-0.1, -0.05) is 82.4 Å². The topological polar surface area (TPSA) is 0 Å². The first-order valence-corrected chi connectivity index (χ1v) is 7.62. The van der Waals surface area contributed by atoms with Crippen LogP contribution in [0.2, 0.25) is 0 Å². The van der Waals surface area contributed by atoms with Crippen molar-refractivity contribution in [2.45, 2.75) is 65.2 Å². The largest absolute Gasteiger partial charge is 0.0839 e. The second kappa shape index (κ2) is 9.94. The van der Waals surface area contributed by atoms with Crippen LogP contribution in [0.3, 0.4) is 0 Å². The molecule has 100 valence electrons. The normalized spacial score (nSPS) is 11.2. The molecule has 0 bridgehead atoms. The highest BCUT2D eigenvalue weighted by molar-refractivity contribution is 5.49. The van der Waals surface area contributed by atoms with Crippen molar-refractivity contribution in [2.24, 2.45) is 0 Å². The van der Waals surface area contributed by atoms with E-state index in [1.54, 1.807) is 0 Å². The van der Waals surface area contributed by atoms with Gasteiger partial charge < -0.3 is 0 Å². The average Bonchev–Trinajstić information content (AvgIpc) is 2.41. The zero-order chi connectivity index (χ0) is 13.1. The summed E-state index contributed by atoms with van der Waals surface area (Å²) in [5.41, 5.74) is 2.82. The molecule has 0 N–H and O–H groups in total. The maximum absolute atomic E-state index is 2.29. The second-order valence-electron chi connectivity index (χ2n) is 5.10. The van der Waals surface area contributed by atoms with Crippen molar-refractivity contribution in [1.29, 1.82) is 0 Å². The summed E-state index contributed by atoms with van der Waals surface area (Å²) in [4.78, 5) is 0. The zero-order valence-electron chi connectivity index (χ0n) is 12.1. The predicted molar refractivity (Wildman–Crippen MR) is 82.8 cm³/mol. The van der Waals surface area contributed by atoms with Gasteiger partial charge in [0.05, 0.1) is 0 Å². The Kier molecular flexibility index (Phi) is 8.29. The molecular weight excluding hydrogens is 216 g/mol. The van der Waals surface area contributed by atoms with Gasteiger partial charge in [-0.3, -0.25) is 0 Å². The molecule has 0 saturated carbocycles. The van der Waals surface area contributed by atoms with Gasteiger partial charge in [0.25, 0.3) is 0 Å². The number of hydrogen-bond acceptors (Lipinski definition) is 0. The molecule has 0 aromatic heterocycles. The molecule has 0 spiro atoms. The van der Waals surface area contributed by atoms with E-state index in [2.05, 4.69) is 50.3 Å². The molecule has 1 rings (SSSR count). The number of benzene rings is 1. The number of allylic oxidation sites excluding steroid dienone is 1. The van der Waals surface area contributed by atoms with Crippen molar-refractivity contribution in [1.82, 2.24) is 0 Å². The molecule has 0 heterocycles. The van der Waals surface area contributed by atoms with E-state index in [0.29, 0.717) is 0 Å². The summed E-state index contributed by atoms with van der Waals surface area (Å²) < 4.78 is 0. The lowest BCUT2D eigenvalue weighted by atomic mass is 10.0. The Morgan fingerprint density at radius 3 is 2.22 bits per heavy atom.